The number of pyridine rings is 1. The summed E-state index contributed by atoms with van der Waals surface area (Å²) in [7, 11) is -3.52. The first-order valence-corrected chi connectivity index (χ1v) is 7.15. The van der Waals surface area contributed by atoms with E-state index in [1.807, 2.05) is 19.9 Å². The van der Waals surface area contributed by atoms with Crippen LogP contribution < -0.4 is 0 Å². The fourth-order valence-corrected chi connectivity index (χ4v) is 3.24. The lowest BCUT2D eigenvalue weighted by molar-refractivity contribution is 0.591. The first-order chi connectivity index (χ1) is 8.43. The van der Waals surface area contributed by atoms with Crippen molar-refractivity contribution in [2.45, 2.75) is 30.7 Å². The molecule has 0 saturated carbocycles. The highest BCUT2D eigenvalue weighted by molar-refractivity contribution is 7.91. The molecule has 2 aromatic rings. The van der Waals surface area contributed by atoms with E-state index in [4.69, 9.17) is 0 Å². The molecule has 0 unspecified atom stereocenters. The van der Waals surface area contributed by atoms with Gasteiger partial charge in [-0.05, 0) is 55.7 Å². The molecule has 94 valence electrons. The number of hydrogen-bond acceptors (Lipinski definition) is 3. The van der Waals surface area contributed by atoms with Crippen molar-refractivity contribution in [2.24, 2.45) is 0 Å². The van der Waals surface area contributed by atoms with Crippen LogP contribution in [0, 0.1) is 20.8 Å². The number of aryl methyl sites for hydroxylation is 3. The fourth-order valence-electron chi connectivity index (χ4n) is 1.75. The van der Waals surface area contributed by atoms with E-state index >= 15 is 0 Å². The second-order valence-electron chi connectivity index (χ2n) is 4.37. The van der Waals surface area contributed by atoms with E-state index in [0.717, 1.165) is 11.1 Å². The van der Waals surface area contributed by atoms with Crippen molar-refractivity contribution in [3.8, 4) is 0 Å². The Labute approximate surface area is 107 Å². The van der Waals surface area contributed by atoms with E-state index in [2.05, 4.69) is 4.98 Å². The molecule has 0 amide bonds. The Bertz CT molecular complexity index is 691. The minimum absolute atomic E-state index is 0.133. The topological polar surface area (TPSA) is 47.0 Å². The summed E-state index contributed by atoms with van der Waals surface area (Å²) in [6.45, 7) is 5.61. The Kier molecular flexibility index (Phi) is 3.22. The average Bonchev–Trinajstić information content (AvgIpc) is 2.33. The molecule has 1 aromatic heterocycles. The molecule has 0 bridgehead atoms. The summed E-state index contributed by atoms with van der Waals surface area (Å²) in [6.07, 6.45) is 1.50. The largest absolute Gasteiger partial charge is 0.244 e. The van der Waals surface area contributed by atoms with Gasteiger partial charge in [-0.3, -0.25) is 0 Å². The molecule has 1 aromatic carbocycles. The summed E-state index contributed by atoms with van der Waals surface area (Å²) in [5.74, 6) is 0. The maximum Gasteiger partial charge on any atom is 0.224 e. The predicted molar refractivity (Wildman–Crippen MR) is 70.3 cm³/mol. The lowest BCUT2D eigenvalue weighted by Crippen LogP contribution is -2.06. The fraction of sp³-hybridized carbons (Fsp3) is 0.214. The van der Waals surface area contributed by atoms with E-state index < -0.39 is 9.84 Å². The molecule has 0 aliphatic rings. The third-order valence-electron chi connectivity index (χ3n) is 3.00. The summed E-state index contributed by atoms with van der Waals surface area (Å²) in [4.78, 5) is 4.29. The highest BCUT2D eigenvalue weighted by Gasteiger charge is 2.21. The Morgan fingerprint density at radius 1 is 0.944 bits per heavy atom. The van der Waals surface area contributed by atoms with Crippen molar-refractivity contribution in [1.29, 1.82) is 0 Å². The van der Waals surface area contributed by atoms with Gasteiger partial charge in [-0.1, -0.05) is 12.1 Å². The Morgan fingerprint density at radius 2 is 1.67 bits per heavy atom. The summed E-state index contributed by atoms with van der Waals surface area (Å²) in [5.41, 5.74) is 2.70. The Hall–Kier alpha value is -1.68. The monoisotopic (exact) mass is 261 g/mol. The third-order valence-corrected chi connectivity index (χ3v) is 4.82. The molecule has 4 heteroatoms. The molecule has 0 fully saturated rings. The first kappa shape index (κ1) is 12.8. The second-order valence-corrected chi connectivity index (χ2v) is 6.24. The number of rotatable bonds is 2. The van der Waals surface area contributed by atoms with Crippen molar-refractivity contribution in [2.75, 3.05) is 0 Å². The van der Waals surface area contributed by atoms with Crippen molar-refractivity contribution in [3.05, 3.63) is 53.2 Å². The van der Waals surface area contributed by atoms with E-state index in [-0.39, 0.29) is 5.03 Å². The summed E-state index contributed by atoms with van der Waals surface area (Å²) in [6, 6.07) is 8.63. The zero-order valence-corrected chi connectivity index (χ0v) is 11.5. The molecular formula is C14H15NO2S. The Balaban J connectivity index is 2.62. The third kappa shape index (κ3) is 2.16. The van der Waals surface area contributed by atoms with Gasteiger partial charge in [-0.15, -0.1) is 0 Å². The standard InChI is InChI=1S/C14H15NO2S/c1-10-6-7-13(9-12(10)3)18(16,17)14-11(2)5-4-8-15-14/h4-9H,1-3H3. The highest BCUT2D eigenvalue weighted by Crippen LogP contribution is 2.23. The first-order valence-electron chi connectivity index (χ1n) is 5.67. The van der Waals surface area contributed by atoms with Gasteiger partial charge < -0.3 is 0 Å². The number of sulfone groups is 1. The van der Waals surface area contributed by atoms with Gasteiger partial charge in [0.25, 0.3) is 0 Å². The van der Waals surface area contributed by atoms with Crippen LogP contribution >= 0.6 is 0 Å². The van der Waals surface area contributed by atoms with E-state index in [1.54, 1.807) is 31.2 Å². The van der Waals surface area contributed by atoms with Crippen LogP contribution in [0.1, 0.15) is 16.7 Å². The molecule has 2 rings (SSSR count). The van der Waals surface area contributed by atoms with Gasteiger partial charge in [0.2, 0.25) is 9.84 Å². The molecule has 0 N–H and O–H groups in total. The molecule has 3 nitrogen and oxygen atoms in total. The minimum atomic E-state index is -3.52. The number of aromatic nitrogens is 1. The van der Waals surface area contributed by atoms with Crippen molar-refractivity contribution in [3.63, 3.8) is 0 Å². The number of nitrogens with zero attached hydrogens (tertiary/aromatic N) is 1. The molecule has 18 heavy (non-hydrogen) atoms. The molecule has 1 heterocycles. The molecule has 0 radical (unpaired) electrons. The molecule has 0 spiro atoms. The van der Waals surface area contributed by atoms with Crippen molar-refractivity contribution < 1.29 is 8.42 Å². The second kappa shape index (κ2) is 4.53. The van der Waals surface area contributed by atoms with Gasteiger partial charge in [0.15, 0.2) is 5.03 Å². The van der Waals surface area contributed by atoms with E-state index in [1.165, 1.54) is 6.20 Å². The van der Waals surface area contributed by atoms with Gasteiger partial charge >= 0.3 is 0 Å². The van der Waals surface area contributed by atoms with E-state index in [9.17, 15) is 8.42 Å². The van der Waals surface area contributed by atoms with Crippen LogP contribution in [0.5, 0.6) is 0 Å². The lowest BCUT2D eigenvalue weighted by Gasteiger charge is -2.08. The maximum atomic E-state index is 12.5. The Morgan fingerprint density at radius 3 is 2.28 bits per heavy atom. The zero-order chi connectivity index (χ0) is 13.3. The molecule has 0 atom stereocenters. The predicted octanol–water partition coefficient (Wildman–Crippen LogP) is 2.84. The molecular weight excluding hydrogens is 246 g/mol. The average molecular weight is 261 g/mol. The zero-order valence-electron chi connectivity index (χ0n) is 10.6. The van der Waals surface area contributed by atoms with Crippen LogP contribution in [0.15, 0.2) is 46.5 Å². The maximum absolute atomic E-state index is 12.5. The summed E-state index contributed by atoms with van der Waals surface area (Å²) < 4.78 is 24.9. The van der Waals surface area contributed by atoms with Gasteiger partial charge in [0.1, 0.15) is 0 Å². The number of hydrogen-bond donors (Lipinski definition) is 0. The number of benzene rings is 1. The van der Waals surface area contributed by atoms with Crippen LogP contribution in [0.3, 0.4) is 0 Å². The SMILES string of the molecule is Cc1ccc(S(=O)(=O)c2ncccc2C)cc1C. The van der Waals surface area contributed by atoms with Gasteiger partial charge in [-0.2, -0.15) is 0 Å². The van der Waals surface area contributed by atoms with Crippen molar-refractivity contribution >= 4 is 9.84 Å². The molecule has 0 aliphatic carbocycles. The lowest BCUT2D eigenvalue weighted by atomic mass is 10.1. The summed E-state index contributed by atoms with van der Waals surface area (Å²) >= 11 is 0. The van der Waals surface area contributed by atoms with Crippen molar-refractivity contribution in [1.82, 2.24) is 4.98 Å². The molecule has 0 saturated heterocycles. The van der Waals surface area contributed by atoms with Crippen LogP contribution in [0.2, 0.25) is 0 Å². The normalized spacial score (nSPS) is 11.5. The van der Waals surface area contributed by atoms with Crippen LogP contribution in [-0.4, -0.2) is 13.4 Å². The smallest absolute Gasteiger partial charge is 0.224 e. The quantitative estimate of drug-likeness (QED) is 0.835. The minimum Gasteiger partial charge on any atom is -0.244 e. The van der Waals surface area contributed by atoms with Crippen LogP contribution in [-0.2, 0) is 9.84 Å². The van der Waals surface area contributed by atoms with Crippen LogP contribution in [0.4, 0.5) is 0 Å². The van der Waals surface area contributed by atoms with Crippen LogP contribution in [0.25, 0.3) is 0 Å². The molecule has 0 aliphatic heterocycles. The highest BCUT2D eigenvalue weighted by atomic mass is 32.2. The van der Waals surface area contributed by atoms with Gasteiger partial charge in [0, 0.05) is 6.20 Å². The van der Waals surface area contributed by atoms with E-state index in [0.29, 0.717) is 10.5 Å². The summed E-state index contributed by atoms with van der Waals surface area (Å²) in [5, 5.41) is 0.133. The van der Waals surface area contributed by atoms with Gasteiger partial charge in [-0.25, -0.2) is 13.4 Å². The van der Waals surface area contributed by atoms with Gasteiger partial charge in [0.05, 0.1) is 4.90 Å².